The van der Waals surface area contributed by atoms with Crippen LogP contribution in [-0.2, 0) is 9.59 Å². The summed E-state index contributed by atoms with van der Waals surface area (Å²) < 4.78 is 0.603. The highest BCUT2D eigenvalue weighted by Gasteiger charge is 2.31. The molecule has 4 nitrogen and oxygen atoms in total. The van der Waals surface area contributed by atoms with Crippen molar-refractivity contribution >= 4 is 62.7 Å². The van der Waals surface area contributed by atoms with Crippen LogP contribution >= 0.6 is 24.0 Å². The molecule has 0 unspecified atom stereocenters. The van der Waals surface area contributed by atoms with Crippen LogP contribution in [0.4, 0.5) is 5.69 Å². The lowest BCUT2D eigenvalue weighted by molar-refractivity contribution is -0.122. The molecule has 1 fully saturated rings. The molecule has 1 aliphatic heterocycles. The fourth-order valence-corrected chi connectivity index (χ4v) is 4.98. The van der Waals surface area contributed by atoms with Crippen LogP contribution in [0.5, 0.6) is 0 Å². The minimum absolute atomic E-state index is 0.0118. The van der Waals surface area contributed by atoms with Gasteiger partial charge in [-0.05, 0) is 35.9 Å². The molecule has 3 aromatic rings. The third-order valence-electron chi connectivity index (χ3n) is 5.32. The van der Waals surface area contributed by atoms with Gasteiger partial charge in [0.05, 0.1) is 4.91 Å². The van der Waals surface area contributed by atoms with Crippen LogP contribution in [0.2, 0.25) is 0 Å². The first kappa shape index (κ1) is 22.2. The molecule has 0 spiro atoms. The van der Waals surface area contributed by atoms with Crippen molar-refractivity contribution < 1.29 is 9.59 Å². The maximum atomic E-state index is 12.7. The first-order valence-corrected chi connectivity index (χ1v) is 11.9. The Labute approximate surface area is 197 Å². The van der Waals surface area contributed by atoms with Crippen molar-refractivity contribution in [3.63, 3.8) is 0 Å². The standard InChI is InChI=1S/C26H24N2O2S2/c29-24(27-22-15-9-13-20-12-6-7-14-21(20)22)16-5-2-8-17-28-25(30)23(32-26(28)31)18-19-10-3-1-4-11-19/h1,3-4,6-7,9-15,18H,2,5,8,16-17H2,(H,27,29). The minimum Gasteiger partial charge on any atom is -0.326 e. The first-order chi connectivity index (χ1) is 15.6. The predicted octanol–water partition coefficient (Wildman–Crippen LogP) is 6.24. The summed E-state index contributed by atoms with van der Waals surface area (Å²) in [6.45, 7) is 0.585. The highest BCUT2D eigenvalue weighted by molar-refractivity contribution is 8.26. The monoisotopic (exact) mass is 460 g/mol. The number of carbonyl (C=O) groups is 2. The number of thioether (sulfide) groups is 1. The van der Waals surface area contributed by atoms with Gasteiger partial charge >= 0.3 is 0 Å². The molecule has 0 aromatic heterocycles. The topological polar surface area (TPSA) is 49.4 Å². The van der Waals surface area contributed by atoms with Crippen LogP contribution in [0, 0.1) is 0 Å². The van der Waals surface area contributed by atoms with Crippen molar-refractivity contribution in [1.29, 1.82) is 0 Å². The largest absolute Gasteiger partial charge is 0.326 e. The van der Waals surface area contributed by atoms with Gasteiger partial charge in [0.2, 0.25) is 5.91 Å². The molecule has 4 rings (SSSR count). The molecule has 1 saturated heterocycles. The summed E-state index contributed by atoms with van der Waals surface area (Å²) >= 11 is 6.76. The summed E-state index contributed by atoms with van der Waals surface area (Å²) in [4.78, 5) is 27.4. The third-order valence-corrected chi connectivity index (χ3v) is 6.70. The Bertz CT molecular complexity index is 1170. The van der Waals surface area contributed by atoms with Gasteiger partial charge in [0, 0.05) is 24.0 Å². The number of hydrogen-bond acceptors (Lipinski definition) is 4. The van der Waals surface area contributed by atoms with Crippen molar-refractivity contribution in [2.45, 2.75) is 25.7 Å². The van der Waals surface area contributed by atoms with E-state index in [1.165, 1.54) is 11.8 Å². The fraction of sp³-hybridized carbons (Fsp3) is 0.192. The molecule has 0 aliphatic carbocycles. The van der Waals surface area contributed by atoms with Crippen molar-refractivity contribution in [1.82, 2.24) is 4.90 Å². The number of unbranched alkanes of at least 4 members (excludes halogenated alkanes) is 2. The number of carbonyl (C=O) groups excluding carboxylic acids is 2. The van der Waals surface area contributed by atoms with E-state index < -0.39 is 0 Å². The van der Waals surface area contributed by atoms with E-state index in [4.69, 9.17) is 12.2 Å². The van der Waals surface area contributed by atoms with Gasteiger partial charge in [-0.1, -0.05) is 97.1 Å². The van der Waals surface area contributed by atoms with Gasteiger partial charge in [-0.3, -0.25) is 14.5 Å². The van der Waals surface area contributed by atoms with E-state index in [2.05, 4.69) is 5.32 Å². The highest BCUT2D eigenvalue weighted by Crippen LogP contribution is 2.32. The Morgan fingerprint density at radius 2 is 1.69 bits per heavy atom. The number of thiocarbonyl (C=S) groups is 1. The predicted molar refractivity (Wildman–Crippen MR) is 137 cm³/mol. The van der Waals surface area contributed by atoms with E-state index in [9.17, 15) is 9.59 Å². The van der Waals surface area contributed by atoms with Crippen molar-refractivity contribution in [2.75, 3.05) is 11.9 Å². The van der Waals surface area contributed by atoms with Crippen molar-refractivity contribution in [3.05, 3.63) is 83.3 Å². The number of anilines is 1. The molecule has 1 heterocycles. The zero-order chi connectivity index (χ0) is 22.3. The molecule has 2 amide bonds. The molecule has 0 bridgehead atoms. The minimum atomic E-state index is -0.0300. The maximum absolute atomic E-state index is 12.7. The van der Waals surface area contributed by atoms with Gasteiger partial charge < -0.3 is 5.32 Å². The molecule has 1 N–H and O–H groups in total. The zero-order valence-corrected chi connectivity index (χ0v) is 19.3. The van der Waals surface area contributed by atoms with Gasteiger partial charge in [0.1, 0.15) is 4.32 Å². The van der Waals surface area contributed by atoms with Gasteiger partial charge in [0.15, 0.2) is 0 Å². The lowest BCUT2D eigenvalue weighted by atomic mass is 10.1. The number of rotatable bonds is 8. The normalized spacial score (nSPS) is 15.0. The maximum Gasteiger partial charge on any atom is 0.266 e. The average Bonchev–Trinajstić information content (AvgIpc) is 3.07. The summed E-state index contributed by atoms with van der Waals surface area (Å²) in [5, 5.41) is 5.17. The van der Waals surface area contributed by atoms with Gasteiger partial charge in [0.25, 0.3) is 5.91 Å². The molecule has 3 aromatic carbocycles. The fourth-order valence-electron chi connectivity index (χ4n) is 3.67. The van der Waals surface area contributed by atoms with E-state index in [0.29, 0.717) is 22.2 Å². The second kappa shape index (κ2) is 10.6. The van der Waals surface area contributed by atoms with E-state index in [1.807, 2.05) is 78.9 Å². The van der Waals surface area contributed by atoms with Gasteiger partial charge in [-0.25, -0.2) is 0 Å². The quantitative estimate of drug-likeness (QED) is 0.246. The second-order valence-electron chi connectivity index (χ2n) is 7.63. The van der Waals surface area contributed by atoms with Crippen LogP contribution in [0.15, 0.2) is 77.7 Å². The second-order valence-corrected chi connectivity index (χ2v) is 9.31. The van der Waals surface area contributed by atoms with Gasteiger partial charge in [-0.15, -0.1) is 0 Å². The first-order valence-electron chi connectivity index (χ1n) is 10.7. The van der Waals surface area contributed by atoms with Crippen molar-refractivity contribution in [3.8, 4) is 0 Å². The Balaban J connectivity index is 1.22. The Hall–Kier alpha value is -2.96. The summed E-state index contributed by atoms with van der Waals surface area (Å²) in [7, 11) is 0. The molecule has 162 valence electrons. The highest BCUT2D eigenvalue weighted by atomic mass is 32.2. The molecular formula is C26H24N2O2S2. The van der Waals surface area contributed by atoms with Gasteiger partial charge in [-0.2, -0.15) is 0 Å². The number of benzene rings is 3. The molecule has 1 aliphatic rings. The average molecular weight is 461 g/mol. The van der Waals surface area contributed by atoms with E-state index >= 15 is 0 Å². The molecule has 0 saturated carbocycles. The zero-order valence-electron chi connectivity index (χ0n) is 17.6. The van der Waals surface area contributed by atoms with E-state index in [0.717, 1.165) is 41.3 Å². The van der Waals surface area contributed by atoms with Crippen LogP contribution in [0.25, 0.3) is 16.8 Å². The number of nitrogens with one attached hydrogen (secondary N) is 1. The molecule has 32 heavy (non-hydrogen) atoms. The van der Waals surface area contributed by atoms with Crippen LogP contribution in [0.1, 0.15) is 31.2 Å². The lowest BCUT2D eigenvalue weighted by Gasteiger charge is -2.14. The number of hydrogen-bond donors (Lipinski definition) is 1. The van der Waals surface area contributed by atoms with Crippen molar-refractivity contribution in [2.24, 2.45) is 0 Å². The number of fused-ring (bicyclic) bond motifs is 1. The smallest absolute Gasteiger partial charge is 0.266 e. The van der Waals surface area contributed by atoms with Crippen LogP contribution in [0.3, 0.4) is 0 Å². The van der Waals surface area contributed by atoms with E-state index in [1.54, 1.807) is 4.90 Å². The Morgan fingerprint density at radius 1 is 0.938 bits per heavy atom. The van der Waals surface area contributed by atoms with Crippen LogP contribution < -0.4 is 5.32 Å². The number of amides is 2. The van der Waals surface area contributed by atoms with E-state index in [-0.39, 0.29) is 11.8 Å². The van der Waals surface area contributed by atoms with Crippen LogP contribution in [-0.4, -0.2) is 27.6 Å². The lowest BCUT2D eigenvalue weighted by Crippen LogP contribution is -2.29. The molecular weight excluding hydrogens is 436 g/mol. The number of nitrogens with zero attached hydrogens (tertiary/aromatic N) is 1. The Morgan fingerprint density at radius 3 is 2.53 bits per heavy atom. The summed E-state index contributed by atoms with van der Waals surface area (Å²) in [5.41, 5.74) is 1.83. The molecule has 0 radical (unpaired) electrons. The molecule has 0 atom stereocenters. The Kier molecular flexibility index (Phi) is 7.35. The SMILES string of the molecule is O=C(CCCCCN1C(=O)C(=Cc2ccccc2)SC1=S)Nc1cccc2ccccc12. The summed E-state index contributed by atoms with van der Waals surface area (Å²) in [5.74, 6) is -0.0182. The summed E-state index contributed by atoms with van der Waals surface area (Å²) in [6, 6.07) is 23.7. The summed E-state index contributed by atoms with van der Waals surface area (Å²) in [6.07, 6.45) is 4.78. The molecule has 6 heteroatoms. The third kappa shape index (κ3) is 5.44.